The van der Waals surface area contributed by atoms with Crippen LogP contribution in [0.25, 0.3) is 0 Å². The van der Waals surface area contributed by atoms with Gasteiger partial charge in [0.25, 0.3) is 0 Å². The molecule has 3 nitrogen and oxygen atoms in total. The second-order valence-electron chi connectivity index (χ2n) is 5.14. The Kier molecular flexibility index (Phi) is 5.79. The first kappa shape index (κ1) is 14.9. The molecule has 2 rings (SSSR count). The Morgan fingerprint density at radius 2 is 2.21 bits per heavy atom. The van der Waals surface area contributed by atoms with Crippen LogP contribution in [0.1, 0.15) is 32.3 Å². The van der Waals surface area contributed by atoms with Crippen LogP contribution >= 0.6 is 15.9 Å². The molecule has 0 amide bonds. The summed E-state index contributed by atoms with van der Waals surface area (Å²) in [6, 6.07) is 2.53. The van der Waals surface area contributed by atoms with Crippen LogP contribution in [-0.2, 0) is 11.2 Å². The van der Waals surface area contributed by atoms with E-state index in [0.717, 1.165) is 30.0 Å². The van der Waals surface area contributed by atoms with Crippen LogP contribution in [0.15, 0.2) is 22.9 Å². The second-order valence-corrected chi connectivity index (χ2v) is 6.05. The molecule has 1 N–H and O–H groups in total. The number of aromatic nitrogens is 1. The summed E-state index contributed by atoms with van der Waals surface area (Å²) in [5.74, 6) is 0.740. The fraction of sp³-hybridized carbons (Fsp3) is 0.667. The van der Waals surface area contributed by atoms with Crippen LogP contribution in [-0.4, -0.2) is 30.3 Å². The van der Waals surface area contributed by atoms with Crippen molar-refractivity contribution in [1.29, 1.82) is 0 Å². The molecule has 4 heteroatoms. The largest absolute Gasteiger partial charge is 0.377 e. The molecule has 0 saturated heterocycles. The van der Waals surface area contributed by atoms with Crippen LogP contribution in [0.5, 0.6) is 0 Å². The highest BCUT2D eigenvalue weighted by atomic mass is 79.9. The highest BCUT2D eigenvalue weighted by Gasteiger charge is 2.36. The SMILES string of the molecule is CCNC(Cc1cncc(Br)c1)C(OCC)C1CC1. The lowest BCUT2D eigenvalue weighted by molar-refractivity contribution is 0.0196. The quantitative estimate of drug-likeness (QED) is 0.796. The highest BCUT2D eigenvalue weighted by molar-refractivity contribution is 9.10. The van der Waals surface area contributed by atoms with Gasteiger partial charge in [0, 0.05) is 29.5 Å². The van der Waals surface area contributed by atoms with E-state index < -0.39 is 0 Å². The molecule has 0 aliphatic heterocycles. The predicted molar refractivity (Wildman–Crippen MR) is 81.2 cm³/mol. The van der Waals surface area contributed by atoms with Gasteiger partial charge < -0.3 is 10.1 Å². The summed E-state index contributed by atoms with van der Waals surface area (Å²) in [6.45, 7) is 6.00. The molecule has 2 unspecified atom stereocenters. The Morgan fingerprint density at radius 3 is 2.79 bits per heavy atom. The Labute approximate surface area is 124 Å². The smallest absolute Gasteiger partial charge is 0.0759 e. The highest BCUT2D eigenvalue weighted by Crippen LogP contribution is 2.36. The van der Waals surface area contributed by atoms with Crippen LogP contribution in [0, 0.1) is 5.92 Å². The topological polar surface area (TPSA) is 34.2 Å². The third-order valence-electron chi connectivity index (χ3n) is 3.53. The number of likely N-dealkylation sites (N-methyl/N-ethyl adjacent to an activating group) is 1. The number of halogens is 1. The van der Waals surface area contributed by atoms with Crippen LogP contribution in [0.4, 0.5) is 0 Å². The van der Waals surface area contributed by atoms with Crippen molar-refractivity contribution < 1.29 is 4.74 Å². The zero-order chi connectivity index (χ0) is 13.7. The molecule has 106 valence electrons. The zero-order valence-electron chi connectivity index (χ0n) is 11.7. The van der Waals surface area contributed by atoms with E-state index in [-0.39, 0.29) is 0 Å². The fourth-order valence-electron chi connectivity index (χ4n) is 2.59. The number of hydrogen-bond donors (Lipinski definition) is 1. The summed E-state index contributed by atoms with van der Waals surface area (Å²) in [7, 11) is 0. The van der Waals surface area contributed by atoms with Gasteiger partial charge in [-0.2, -0.15) is 0 Å². The molecular formula is C15H23BrN2O. The lowest BCUT2D eigenvalue weighted by Crippen LogP contribution is -2.44. The van der Waals surface area contributed by atoms with Crippen molar-refractivity contribution in [2.24, 2.45) is 5.92 Å². The molecule has 1 saturated carbocycles. The summed E-state index contributed by atoms with van der Waals surface area (Å²) in [6.07, 6.45) is 7.70. The Morgan fingerprint density at radius 1 is 1.42 bits per heavy atom. The monoisotopic (exact) mass is 326 g/mol. The molecular weight excluding hydrogens is 304 g/mol. The summed E-state index contributed by atoms with van der Waals surface area (Å²) in [4.78, 5) is 4.25. The third kappa shape index (κ3) is 4.55. The minimum absolute atomic E-state index is 0.337. The molecule has 0 bridgehead atoms. The van der Waals surface area contributed by atoms with Crippen molar-refractivity contribution in [2.45, 2.75) is 45.3 Å². The number of hydrogen-bond acceptors (Lipinski definition) is 3. The molecule has 2 atom stereocenters. The minimum Gasteiger partial charge on any atom is -0.377 e. The van der Waals surface area contributed by atoms with E-state index in [4.69, 9.17) is 4.74 Å². The predicted octanol–water partition coefficient (Wildman–Crippen LogP) is 3.18. The Hall–Kier alpha value is -0.450. The van der Waals surface area contributed by atoms with Gasteiger partial charge >= 0.3 is 0 Å². The maximum absolute atomic E-state index is 5.99. The van der Waals surface area contributed by atoms with Crippen LogP contribution < -0.4 is 5.32 Å². The number of rotatable bonds is 8. The van der Waals surface area contributed by atoms with E-state index in [0.29, 0.717) is 12.1 Å². The lowest BCUT2D eigenvalue weighted by atomic mass is 9.99. The first-order valence-electron chi connectivity index (χ1n) is 7.19. The molecule has 1 aliphatic carbocycles. The Balaban J connectivity index is 2.05. The van der Waals surface area contributed by atoms with Gasteiger partial charge in [-0.25, -0.2) is 0 Å². The molecule has 1 aromatic rings. The van der Waals surface area contributed by atoms with Gasteiger partial charge in [0.15, 0.2) is 0 Å². The van der Waals surface area contributed by atoms with Crippen molar-refractivity contribution in [2.75, 3.05) is 13.2 Å². The number of nitrogens with zero attached hydrogens (tertiary/aromatic N) is 1. The number of nitrogens with one attached hydrogen (secondary N) is 1. The average molecular weight is 327 g/mol. The van der Waals surface area contributed by atoms with Crippen molar-refractivity contribution in [3.63, 3.8) is 0 Å². The van der Waals surface area contributed by atoms with Gasteiger partial charge in [0.05, 0.1) is 6.10 Å². The van der Waals surface area contributed by atoms with Crippen LogP contribution in [0.2, 0.25) is 0 Å². The first-order valence-corrected chi connectivity index (χ1v) is 7.98. The van der Waals surface area contributed by atoms with Crippen molar-refractivity contribution >= 4 is 15.9 Å². The van der Waals surface area contributed by atoms with Gasteiger partial charge in [0.2, 0.25) is 0 Å². The lowest BCUT2D eigenvalue weighted by Gasteiger charge is -2.28. The molecule has 0 aromatic carbocycles. The maximum Gasteiger partial charge on any atom is 0.0759 e. The van der Waals surface area contributed by atoms with Crippen molar-refractivity contribution in [3.8, 4) is 0 Å². The van der Waals surface area contributed by atoms with E-state index >= 15 is 0 Å². The summed E-state index contributed by atoms with van der Waals surface area (Å²) in [5, 5.41) is 3.59. The van der Waals surface area contributed by atoms with E-state index in [1.807, 2.05) is 12.4 Å². The standard InChI is InChI=1S/C15H23BrN2O/c1-3-18-14(15(19-4-2)12-5-6-12)8-11-7-13(16)10-17-9-11/h7,9-10,12,14-15,18H,3-6,8H2,1-2H3. The van der Waals surface area contributed by atoms with E-state index in [9.17, 15) is 0 Å². The third-order valence-corrected chi connectivity index (χ3v) is 3.96. The van der Waals surface area contributed by atoms with Gasteiger partial charge in [0.1, 0.15) is 0 Å². The molecule has 1 fully saturated rings. The zero-order valence-corrected chi connectivity index (χ0v) is 13.3. The van der Waals surface area contributed by atoms with Crippen LogP contribution in [0.3, 0.4) is 0 Å². The minimum atomic E-state index is 0.337. The molecule has 19 heavy (non-hydrogen) atoms. The van der Waals surface area contributed by atoms with E-state index in [2.05, 4.69) is 46.1 Å². The number of pyridine rings is 1. The molecule has 1 aromatic heterocycles. The van der Waals surface area contributed by atoms with Crippen molar-refractivity contribution in [1.82, 2.24) is 10.3 Å². The molecule has 1 heterocycles. The Bertz CT molecular complexity index is 395. The maximum atomic E-state index is 5.99. The normalized spacial score (nSPS) is 18.3. The molecule has 0 spiro atoms. The van der Waals surface area contributed by atoms with Crippen molar-refractivity contribution in [3.05, 3.63) is 28.5 Å². The fourth-order valence-corrected chi connectivity index (χ4v) is 3.00. The van der Waals surface area contributed by atoms with Gasteiger partial charge in [-0.15, -0.1) is 0 Å². The van der Waals surface area contributed by atoms with E-state index in [1.165, 1.54) is 18.4 Å². The second kappa shape index (κ2) is 7.36. The van der Waals surface area contributed by atoms with E-state index in [1.54, 1.807) is 0 Å². The van der Waals surface area contributed by atoms with Gasteiger partial charge in [-0.3, -0.25) is 4.98 Å². The molecule has 0 radical (unpaired) electrons. The number of ether oxygens (including phenoxy) is 1. The van der Waals surface area contributed by atoms with Gasteiger partial charge in [-0.05, 0) is 66.2 Å². The average Bonchev–Trinajstić information content (AvgIpc) is 3.20. The summed E-state index contributed by atoms with van der Waals surface area (Å²) >= 11 is 3.49. The summed E-state index contributed by atoms with van der Waals surface area (Å²) in [5.41, 5.74) is 1.26. The molecule has 1 aliphatic rings. The first-order chi connectivity index (χ1) is 9.24. The van der Waals surface area contributed by atoms with Gasteiger partial charge in [-0.1, -0.05) is 6.92 Å². The summed E-state index contributed by atoms with van der Waals surface area (Å²) < 4.78 is 7.03.